The molecule has 0 bridgehead atoms. The Morgan fingerprint density at radius 1 is 1.50 bits per heavy atom. The van der Waals surface area contributed by atoms with E-state index in [1.54, 1.807) is 11.3 Å². The molecule has 1 aromatic heterocycles. The van der Waals surface area contributed by atoms with Crippen molar-refractivity contribution in [1.29, 1.82) is 0 Å². The van der Waals surface area contributed by atoms with Gasteiger partial charge in [-0.25, -0.2) is 4.79 Å². The van der Waals surface area contributed by atoms with Gasteiger partial charge in [-0.3, -0.25) is 4.21 Å². The van der Waals surface area contributed by atoms with Crippen LogP contribution in [0.3, 0.4) is 0 Å². The van der Waals surface area contributed by atoms with Crippen molar-refractivity contribution in [2.24, 2.45) is 0 Å². The Balaban J connectivity index is 1.75. The number of rotatable bonds is 6. The zero-order valence-corrected chi connectivity index (χ0v) is 15.0. The molecule has 4 nitrogen and oxygen atoms in total. The predicted octanol–water partition coefficient (Wildman–Crippen LogP) is 3.06. The summed E-state index contributed by atoms with van der Waals surface area (Å²) < 4.78 is 11.9. The van der Waals surface area contributed by atoms with Crippen LogP contribution in [0.1, 0.15) is 44.4 Å². The number of carbonyl (C=O) groups is 1. The van der Waals surface area contributed by atoms with Gasteiger partial charge in [0.2, 0.25) is 0 Å². The summed E-state index contributed by atoms with van der Waals surface area (Å²) in [4.78, 5) is 13.4. The highest BCUT2D eigenvalue weighted by Crippen LogP contribution is 2.23. The van der Waals surface area contributed by atoms with Crippen LogP contribution in [0, 0.1) is 0 Å². The van der Waals surface area contributed by atoms with Gasteiger partial charge in [-0.1, -0.05) is 19.4 Å². The van der Waals surface area contributed by atoms with E-state index in [2.05, 4.69) is 22.1 Å². The van der Waals surface area contributed by atoms with Gasteiger partial charge >= 0.3 is 6.03 Å². The van der Waals surface area contributed by atoms with E-state index >= 15 is 0 Å². The monoisotopic (exact) mass is 342 g/mol. The number of thiophene rings is 1. The van der Waals surface area contributed by atoms with E-state index in [1.807, 2.05) is 19.9 Å². The molecule has 2 amide bonds. The maximum Gasteiger partial charge on any atom is 0.315 e. The molecule has 1 aliphatic carbocycles. The second-order valence-corrected chi connectivity index (χ2v) is 9.00. The highest BCUT2D eigenvalue weighted by atomic mass is 32.2. The minimum absolute atomic E-state index is 0.100. The molecule has 0 aliphatic heterocycles. The zero-order chi connectivity index (χ0) is 15.9. The Hall–Kier alpha value is -0.880. The topological polar surface area (TPSA) is 58.2 Å². The van der Waals surface area contributed by atoms with E-state index in [4.69, 9.17) is 0 Å². The molecule has 1 aliphatic rings. The summed E-state index contributed by atoms with van der Waals surface area (Å²) in [5.74, 6) is 0.710. The molecule has 0 spiro atoms. The molecule has 1 saturated carbocycles. The Morgan fingerprint density at radius 3 is 3.00 bits per heavy atom. The lowest BCUT2D eigenvalue weighted by atomic mass is 9.95. The SMILES string of the molecule is CCS(=O)C1CCCC(NC(=O)NC(C)Cc2cccs2)C1. The molecule has 0 saturated heterocycles. The number of hydrogen-bond acceptors (Lipinski definition) is 3. The predicted molar refractivity (Wildman–Crippen MR) is 93.9 cm³/mol. The van der Waals surface area contributed by atoms with Crippen molar-refractivity contribution in [3.8, 4) is 0 Å². The fraction of sp³-hybridized carbons (Fsp3) is 0.688. The van der Waals surface area contributed by atoms with Gasteiger partial charge in [0.1, 0.15) is 0 Å². The van der Waals surface area contributed by atoms with Crippen molar-refractivity contribution < 1.29 is 9.00 Å². The molecule has 2 rings (SSSR count). The van der Waals surface area contributed by atoms with Gasteiger partial charge in [0.05, 0.1) is 0 Å². The van der Waals surface area contributed by atoms with E-state index in [0.717, 1.165) is 32.1 Å². The first kappa shape index (κ1) is 17.5. The summed E-state index contributed by atoms with van der Waals surface area (Å²) in [6.45, 7) is 3.99. The summed E-state index contributed by atoms with van der Waals surface area (Å²) >= 11 is 1.71. The average molecular weight is 343 g/mol. The molecule has 1 fully saturated rings. The molecule has 1 heterocycles. The van der Waals surface area contributed by atoms with Crippen molar-refractivity contribution in [2.75, 3.05) is 5.75 Å². The summed E-state index contributed by atoms with van der Waals surface area (Å²) in [6, 6.07) is 4.29. The van der Waals surface area contributed by atoms with E-state index < -0.39 is 10.8 Å². The third kappa shape index (κ3) is 5.39. The van der Waals surface area contributed by atoms with Gasteiger partial charge in [0.25, 0.3) is 0 Å². The molecule has 4 atom stereocenters. The van der Waals surface area contributed by atoms with Gasteiger partial charge in [-0.15, -0.1) is 11.3 Å². The lowest BCUT2D eigenvalue weighted by Crippen LogP contribution is -2.48. The zero-order valence-electron chi connectivity index (χ0n) is 13.3. The first-order chi connectivity index (χ1) is 10.6. The summed E-state index contributed by atoms with van der Waals surface area (Å²) in [5, 5.41) is 8.36. The van der Waals surface area contributed by atoms with Crippen molar-refractivity contribution in [3.63, 3.8) is 0 Å². The number of carbonyl (C=O) groups excluding carboxylic acids is 1. The van der Waals surface area contributed by atoms with Crippen molar-refractivity contribution in [3.05, 3.63) is 22.4 Å². The second-order valence-electron chi connectivity index (χ2n) is 5.96. The van der Waals surface area contributed by atoms with Crippen LogP contribution in [-0.4, -0.2) is 33.3 Å². The maximum absolute atomic E-state index is 12.1. The minimum atomic E-state index is -0.752. The normalized spacial score (nSPS) is 24.5. The Kier molecular flexibility index (Phi) is 6.89. The number of amides is 2. The molecule has 4 unspecified atom stereocenters. The first-order valence-electron chi connectivity index (χ1n) is 8.05. The lowest BCUT2D eigenvalue weighted by Gasteiger charge is -2.29. The van der Waals surface area contributed by atoms with E-state index in [9.17, 15) is 9.00 Å². The Labute approximate surface area is 139 Å². The van der Waals surface area contributed by atoms with Gasteiger partial charge in [0.15, 0.2) is 0 Å². The molecule has 22 heavy (non-hydrogen) atoms. The molecule has 1 aromatic rings. The lowest BCUT2D eigenvalue weighted by molar-refractivity contribution is 0.230. The highest BCUT2D eigenvalue weighted by molar-refractivity contribution is 7.85. The molecule has 6 heteroatoms. The van der Waals surface area contributed by atoms with Gasteiger partial charge in [0, 0.05) is 45.2 Å². The maximum atomic E-state index is 12.1. The van der Waals surface area contributed by atoms with Crippen molar-refractivity contribution in [2.45, 2.75) is 63.3 Å². The molecule has 0 radical (unpaired) electrons. The molecule has 0 aromatic carbocycles. The van der Waals surface area contributed by atoms with Gasteiger partial charge in [-0.2, -0.15) is 0 Å². The molecular weight excluding hydrogens is 316 g/mol. The van der Waals surface area contributed by atoms with E-state index in [0.29, 0.717) is 5.75 Å². The van der Waals surface area contributed by atoms with E-state index in [-0.39, 0.29) is 23.4 Å². The number of hydrogen-bond donors (Lipinski definition) is 2. The standard InChI is InChI=1S/C16H26N2O2S2/c1-3-22(20)15-8-4-6-13(11-15)18-16(19)17-12(2)10-14-7-5-9-21-14/h5,7,9,12-13,15H,3-4,6,8,10-11H2,1-2H3,(H2,17,18,19). The number of urea groups is 1. The van der Waals surface area contributed by atoms with Gasteiger partial charge < -0.3 is 10.6 Å². The molecule has 2 N–H and O–H groups in total. The first-order valence-corrected chi connectivity index (χ1v) is 10.3. The molecular formula is C16H26N2O2S2. The highest BCUT2D eigenvalue weighted by Gasteiger charge is 2.26. The smallest absolute Gasteiger partial charge is 0.315 e. The number of nitrogens with one attached hydrogen (secondary N) is 2. The largest absolute Gasteiger partial charge is 0.335 e. The third-order valence-electron chi connectivity index (χ3n) is 4.08. The third-order valence-corrected chi connectivity index (χ3v) is 6.72. The van der Waals surface area contributed by atoms with Crippen molar-refractivity contribution in [1.82, 2.24) is 10.6 Å². The quantitative estimate of drug-likeness (QED) is 0.835. The van der Waals surface area contributed by atoms with Crippen LogP contribution in [-0.2, 0) is 17.2 Å². The van der Waals surface area contributed by atoms with Crippen LogP contribution < -0.4 is 10.6 Å². The Morgan fingerprint density at radius 2 is 2.32 bits per heavy atom. The summed E-state index contributed by atoms with van der Waals surface area (Å²) in [6.07, 6.45) is 4.76. The summed E-state index contributed by atoms with van der Waals surface area (Å²) in [7, 11) is -0.752. The molecule has 124 valence electrons. The van der Waals surface area contributed by atoms with Crippen LogP contribution in [0.25, 0.3) is 0 Å². The van der Waals surface area contributed by atoms with Crippen LogP contribution in [0.5, 0.6) is 0 Å². The van der Waals surface area contributed by atoms with Crippen LogP contribution >= 0.6 is 11.3 Å². The summed E-state index contributed by atoms with van der Waals surface area (Å²) in [5.41, 5.74) is 0. The Bertz CT molecular complexity index is 490. The minimum Gasteiger partial charge on any atom is -0.335 e. The fourth-order valence-corrected chi connectivity index (χ4v) is 5.17. The van der Waals surface area contributed by atoms with Crippen LogP contribution in [0.4, 0.5) is 4.79 Å². The fourth-order valence-electron chi connectivity index (χ4n) is 2.98. The van der Waals surface area contributed by atoms with E-state index in [1.165, 1.54) is 4.88 Å². The van der Waals surface area contributed by atoms with Crippen molar-refractivity contribution >= 4 is 28.2 Å². The van der Waals surface area contributed by atoms with Crippen LogP contribution in [0.2, 0.25) is 0 Å². The van der Waals surface area contributed by atoms with Gasteiger partial charge in [-0.05, 0) is 37.6 Å². The van der Waals surface area contributed by atoms with Crippen LogP contribution in [0.15, 0.2) is 17.5 Å². The second kappa shape index (κ2) is 8.67. The average Bonchev–Trinajstić information content (AvgIpc) is 2.99.